The van der Waals surface area contributed by atoms with E-state index in [9.17, 15) is 4.79 Å². The maximum Gasteiger partial charge on any atom is 0.515 e. The molecule has 4 nitrogen and oxygen atoms in total. The van der Waals surface area contributed by atoms with E-state index < -0.39 is 12.4 Å². The van der Waals surface area contributed by atoms with Gasteiger partial charge in [0.2, 0.25) is 0 Å². The van der Waals surface area contributed by atoms with Crippen molar-refractivity contribution in [3.8, 4) is 5.75 Å². The second kappa shape index (κ2) is 8.39. The molecule has 0 heterocycles. The van der Waals surface area contributed by atoms with Crippen molar-refractivity contribution in [2.45, 2.75) is 40.3 Å². The number of aryl methyl sites for hydroxylation is 2. The summed E-state index contributed by atoms with van der Waals surface area (Å²) in [6.45, 7) is 8.66. The fraction of sp³-hybridized carbons (Fsp3) is 0.350. The number of anilines is 1. The molecule has 1 atom stereocenters. The van der Waals surface area contributed by atoms with E-state index >= 15 is 0 Å². The monoisotopic (exact) mass is 327 g/mol. The highest BCUT2D eigenvalue weighted by atomic mass is 16.7. The van der Waals surface area contributed by atoms with Crippen molar-refractivity contribution < 1.29 is 14.3 Å². The van der Waals surface area contributed by atoms with Crippen molar-refractivity contribution in [2.75, 3.05) is 11.4 Å². The smallest absolute Gasteiger partial charge is 0.410 e. The van der Waals surface area contributed by atoms with Crippen molar-refractivity contribution in [3.05, 3.63) is 59.7 Å². The first kappa shape index (κ1) is 17.9. The molecule has 2 aromatic carbocycles. The van der Waals surface area contributed by atoms with Crippen LogP contribution < -0.4 is 9.64 Å². The molecule has 0 radical (unpaired) electrons. The number of carbonyl (C=O) groups excluding carboxylic acids is 1. The van der Waals surface area contributed by atoms with Crippen LogP contribution in [-0.2, 0) is 11.2 Å². The molecular formula is C20H25NO3. The van der Waals surface area contributed by atoms with E-state index in [4.69, 9.17) is 9.47 Å². The molecule has 128 valence electrons. The van der Waals surface area contributed by atoms with Gasteiger partial charge in [-0.05, 0) is 56.5 Å². The number of hydrogen-bond donors (Lipinski definition) is 0. The highest BCUT2D eigenvalue weighted by Gasteiger charge is 2.19. The number of benzene rings is 2. The zero-order valence-corrected chi connectivity index (χ0v) is 14.8. The van der Waals surface area contributed by atoms with E-state index in [2.05, 4.69) is 6.07 Å². The molecule has 0 saturated carbocycles. The topological polar surface area (TPSA) is 38.8 Å². The molecule has 0 aliphatic heterocycles. The van der Waals surface area contributed by atoms with E-state index in [1.165, 1.54) is 0 Å². The lowest BCUT2D eigenvalue weighted by molar-refractivity contribution is 0.0643. The number of hydrogen-bond acceptors (Lipinski definition) is 4. The van der Waals surface area contributed by atoms with Gasteiger partial charge in [0.05, 0.1) is 0 Å². The van der Waals surface area contributed by atoms with Gasteiger partial charge in [-0.1, -0.05) is 37.3 Å². The van der Waals surface area contributed by atoms with Gasteiger partial charge < -0.3 is 14.4 Å². The molecule has 0 saturated heterocycles. The molecule has 24 heavy (non-hydrogen) atoms. The molecule has 2 aromatic rings. The summed E-state index contributed by atoms with van der Waals surface area (Å²) in [5, 5.41) is 0. The Morgan fingerprint density at radius 3 is 2.54 bits per heavy atom. The molecular weight excluding hydrogens is 302 g/mol. The summed E-state index contributed by atoms with van der Waals surface area (Å²) < 4.78 is 10.8. The minimum absolute atomic E-state index is 0.418. The fourth-order valence-corrected chi connectivity index (χ4v) is 2.67. The fourth-order valence-electron chi connectivity index (χ4n) is 2.67. The molecule has 0 amide bonds. The minimum Gasteiger partial charge on any atom is -0.410 e. The zero-order valence-electron chi connectivity index (χ0n) is 14.8. The van der Waals surface area contributed by atoms with Crippen LogP contribution in [0.4, 0.5) is 10.5 Å². The first-order chi connectivity index (χ1) is 11.5. The lowest BCUT2D eigenvalue weighted by Gasteiger charge is -2.29. The Bertz CT molecular complexity index is 684. The minimum atomic E-state index is -0.686. The third-order valence-electron chi connectivity index (χ3n) is 3.93. The Balaban J connectivity index is 2.04. The van der Waals surface area contributed by atoms with Gasteiger partial charge in [0.1, 0.15) is 5.75 Å². The maximum absolute atomic E-state index is 12.1. The molecule has 0 spiro atoms. The van der Waals surface area contributed by atoms with Crippen LogP contribution in [0.1, 0.15) is 31.9 Å². The number of nitrogens with zero attached hydrogens (tertiary/aromatic N) is 1. The first-order valence-electron chi connectivity index (χ1n) is 8.34. The van der Waals surface area contributed by atoms with Crippen LogP contribution in [0.15, 0.2) is 48.5 Å². The van der Waals surface area contributed by atoms with Gasteiger partial charge in [-0.25, -0.2) is 4.79 Å². The molecule has 0 aliphatic carbocycles. The van der Waals surface area contributed by atoms with E-state index in [-0.39, 0.29) is 0 Å². The van der Waals surface area contributed by atoms with Gasteiger partial charge >= 0.3 is 6.16 Å². The normalized spacial score (nSPS) is 11.7. The highest BCUT2D eigenvalue weighted by Crippen LogP contribution is 2.21. The maximum atomic E-state index is 12.1. The van der Waals surface area contributed by atoms with E-state index in [1.807, 2.05) is 69.0 Å². The lowest BCUT2D eigenvalue weighted by atomic mass is 10.1. The van der Waals surface area contributed by atoms with Gasteiger partial charge in [-0.15, -0.1) is 0 Å². The second-order valence-electron chi connectivity index (χ2n) is 5.66. The standard InChI is InChI=1S/C20H25NO3/c1-5-17-11-7-8-13-19(17)24-20(22)23-16(4)21(6-2)18-12-9-10-15(3)14-18/h7-14,16H,5-6H2,1-4H3. The molecule has 0 aliphatic rings. The lowest BCUT2D eigenvalue weighted by Crippen LogP contribution is -2.37. The van der Waals surface area contributed by atoms with E-state index in [1.54, 1.807) is 6.07 Å². The summed E-state index contributed by atoms with van der Waals surface area (Å²) in [6.07, 6.45) is -0.309. The largest absolute Gasteiger partial charge is 0.515 e. The zero-order chi connectivity index (χ0) is 17.5. The Morgan fingerprint density at radius 2 is 1.88 bits per heavy atom. The second-order valence-corrected chi connectivity index (χ2v) is 5.66. The molecule has 0 fully saturated rings. The Labute approximate surface area is 144 Å². The van der Waals surface area contributed by atoms with Crippen molar-refractivity contribution in [1.29, 1.82) is 0 Å². The number of para-hydroxylation sites is 1. The van der Waals surface area contributed by atoms with E-state index in [0.717, 1.165) is 29.8 Å². The van der Waals surface area contributed by atoms with Gasteiger partial charge in [0.15, 0.2) is 6.23 Å². The van der Waals surface area contributed by atoms with Crippen molar-refractivity contribution >= 4 is 11.8 Å². The third kappa shape index (κ3) is 4.51. The summed E-state index contributed by atoms with van der Waals surface area (Å²) in [6, 6.07) is 15.6. The Hall–Kier alpha value is -2.49. The van der Waals surface area contributed by atoms with Crippen molar-refractivity contribution in [1.82, 2.24) is 0 Å². The number of carbonyl (C=O) groups is 1. The van der Waals surface area contributed by atoms with Crippen LogP contribution in [0.25, 0.3) is 0 Å². The Morgan fingerprint density at radius 1 is 1.12 bits per heavy atom. The number of ether oxygens (including phenoxy) is 2. The van der Waals surface area contributed by atoms with Crippen LogP contribution >= 0.6 is 0 Å². The summed E-state index contributed by atoms with van der Waals surface area (Å²) in [5.74, 6) is 0.552. The SMILES string of the molecule is CCc1ccccc1OC(=O)OC(C)N(CC)c1cccc(C)c1. The third-order valence-corrected chi connectivity index (χ3v) is 3.93. The summed E-state index contributed by atoms with van der Waals surface area (Å²) in [7, 11) is 0. The van der Waals surface area contributed by atoms with Crippen LogP contribution in [0, 0.1) is 6.92 Å². The summed E-state index contributed by atoms with van der Waals surface area (Å²) in [5.41, 5.74) is 3.16. The van der Waals surface area contributed by atoms with Gasteiger partial charge in [-0.2, -0.15) is 0 Å². The van der Waals surface area contributed by atoms with E-state index in [0.29, 0.717) is 5.75 Å². The quantitative estimate of drug-likeness (QED) is 0.428. The molecule has 1 unspecified atom stereocenters. The predicted octanol–water partition coefficient (Wildman–Crippen LogP) is 4.95. The average Bonchev–Trinajstić information content (AvgIpc) is 2.56. The van der Waals surface area contributed by atoms with Gasteiger partial charge in [0, 0.05) is 12.2 Å². The predicted molar refractivity (Wildman–Crippen MR) is 96.6 cm³/mol. The van der Waals surface area contributed by atoms with Crippen LogP contribution in [0.2, 0.25) is 0 Å². The van der Waals surface area contributed by atoms with Crippen molar-refractivity contribution in [2.24, 2.45) is 0 Å². The van der Waals surface area contributed by atoms with Crippen LogP contribution in [0.5, 0.6) is 5.75 Å². The molecule has 0 N–H and O–H groups in total. The molecule has 4 heteroatoms. The molecule has 2 rings (SSSR count). The highest BCUT2D eigenvalue weighted by molar-refractivity contribution is 5.65. The Kier molecular flexibility index (Phi) is 6.24. The molecule has 0 bridgehead atoms. The number of rotatable bonds is 6. The van der Waals surface area contributed by atoms with Crippen LogP contribution in [-0.4, -0.2) is 18.9 Å². The summed E-state index contributed by atoms with van der Waals surface area (Å²) >= 11 is 0. The summed E-state index contributed by atoms with van der Waals surface area (Å²) in [4.78, 5) is 14.2. The molecule has 0 aromatic heterocycles. The van der Waals surface area contributed by atoms with Gasteiger partial charge in [-0.3, -0.25) is 0 Å². The first-order valence-corrected chi connectivity index (χ1v) is 8.34. The van der Waals surface area contributed by atoms with Gasteiger partial charge in [0.25, 0.3) is 0 Å². The average molecular weight is 327 g/mol. The van der Waals surface area contributed by atoms with Crippen LogP contribution in [0.3, 0.4) is 0 Å². The van der Waals surface area contributed by atoms with Crippen molar-refractivity contribution in [3.63, 3.8) is 0 Å².